The summed E-state index contributed by atoms with van der Waals surface area (Å²) in [7, 11) is 3.46. The summed E-state index contributed by atoms with van der Waals surface area (Å²) < 4.78 is 39.3. The van der Waals surface area contributed by atoms with Crippen LogP contribution in [0.25, 0.3) is 0 Å². The van der Waals surface area contributed by atoms with E-state index in [0.717, 1.165) is 18.0 Å². The Morgan fingerprint density at radius 1 is 1.23 bits per heavy atom. The van der Waals surface area contributed by atoms with Crippen molar-refractivity contribution in [3.8, 4) is 0 Å². The molecule has 0 aromatic carbocycles. The first-order valence-corrected chi connectivity index (χ1v) is 9.79. The molecule has 2 aromatic rings. The molecule has 0 atom stereocenters. The fourth-order valence-corrected chi connectivity index (χ4v) is 3.18. The van der Waals surface area contributed by atoms with Crippen LogP contribution < -0.4 is 15.5 Å². The Morgan fingerprint density at radius 3 is 2.61 bits per heavy atom. The van der Waals surface area contributed by atoms with Gasteiger partial charge in [0.15, 0.2) is 5.96 Å². The van der Waals surface area contributed by atoms with Gasteiger partial charge in [0, 0.05) is 52.7 Å². The molecule has 3 rings (SSSR count). The van der Waals surface area contributed by atoms with Crippen molar-refractivity contribution in [2.45, 2.75) is 12.6 Å². The van der Waals surface area contributed by atoms with Gasteiger partial charge in [0.1, 0.15) is 12.4 Å². The minimum atomic E-state index is -4.39. The van der Waals surface area contributed by atoms with Gasteiger partial charge in [0.2, 0.25) is 5.91 Å². The summed E-state index contributed by atoms with van der Waals surface area (Å²) in [5, 5.41) is 10.3. The standard InChI is InChI=1S/C19H25F3N8O/c1-23-18(29-8-9-30(17(31)13-29)15-11-27-28(2)12-15)25-7-3-6-24-16-5-4-14(10-26-16)19(20,21)22/h4-5,10-12H,3,6-9,13H2,1-2H3,(H,23,25)(H,24,26). The minimum Gasteiger partial charge on any atom is -0.370 e. The van der Waals surface area contributed by atoms with E-state index in [0.29, 0.717) is 44.4 Å². The monoisotopic (exact) mass is 438 g/mol. The van der Waals surface area contributed by atoms with E-state index in [4.69, 9.17) is 0 Å². The second-order valence-electron chi connectivity index (χ2n) is 7.02. The van der Waals surface area contributed by atoms with E-state index in [-0.39, 0.29) is 12.5 Å². The molecular formula is C19H25F3N8O. The number of aliphatic imine (C=N–C) groups is 1. The van der Waals surface area contributed by atoms with Crippen LogP contribution in [0.4, 0.5) is 24.7 Å². The Labute approximate surface area is 177 Å². The summed E-state index contributed by atoms with van der Waals surface area (Å²) in [4.78, 5) is 24.1. The summed E-state index contributed by atoms with van der Waals surface area (Å²) in [6.45, 7) is 2.48. The SMILES string of the molecule is CN=C(NCCCNc1ccc(C(F)(F)F)cn1)N1CCN(c2cnn(C)c2)C(=O)C1. The van der Waals surface area contributed by atoms with Crippen LogP contribution in [0.1, 0.15) is 12.0 Å². The maximum atomic E-state index is 12.6. The number of aromatic nitrogens is 3. The van der Waals surface area contributed by atoms with Crippen LogP contribution in [0.2, 0.25) is 0 Å². The lowest BCUT2D eigenvalue weighted by atomic mass is 10.3. The maximum Gasteiger partial charge on any atom is 0.417 e. The first kappa shape index (κ1) is 22.4. The highest BCUT2D eigenvalue weighted by Crippen LogP contribution is 2.28. The number of anilines is 2. The predicted octanol–water partition coefficient (Wildman–Crippen LogP) is 1.56. The van der Waals surface area contributed by atoms with E-state index < -0.39 is 11.7 Å². The molecule has 2 aromatic heterocycles. The topological polar surface area (TPSA) is 90.7 Å². The smallest absolute Gasteiger partial charge is 0.370 e. The van der Waals surface area contributed by atoms with Crippen molar-refractivity contribution in [3.63, 3.8) is 0 Å². The summed E-state index contributed by atoms with van der Waals surface area (Å²) >= 11 is 0. The molecule has 3 heterocycles. The van der Waals surface area contributed by atoms with Crippen LogP contribution in [0, 0.1) is 0 Å². The number of hydrogen-bond acceptors (Lipinski definition) is 5. The van der Waals surface area contributed by atoms with Gasteiger partial charge in [-0.15, -0.1) is 0 Å². The van der Waals surface area contributed by atoms with Crippen LogP contribution >= 0.6 is 0 Å². The third-order valence-electron chi connectivity index (χ3n) is 4.77. The van der Waals surface area contributed by atoms with Gasteiger partial charge in [0.25, 0.3) is 0 Å². The second-order valence-corrected chi connectivity index (χ2v) is 7.02. The van der Waals surface area contributed by atoms with Gasteiger partial charge in [-0.3, -0.25) is 14.5 Å². The van der Waals surface area contributed by atoms with Gasteiger partial charge in [-0.25, -0.2) is 4.98 Å². The second kappa shape index (κ2) is 9.67. The van der Waals surface area contributed by atoms with Gasteiger partial charge in [-0.2, -0.15) is 18.3 Å². The molecule has 168 valence electrons. The van der Waals surface area contributed by atoms with E-state index in [1.54, 1.807) is 36.1 Å². The molecular weight excluding hydrogens is 413 g/mol. The highest BCUT2D eigenvalue weighted by atomic mass is 19.4. The Hall–Kier alpha value is -3.31. The number of carbonyl (C=O) groups excluding carboxylic acids is 1. The molecule has 0 aliphatic carbocycles. The van der Waals surface area contributed by atoms with Crippen LogP contribution in [-0.4, -0.2) is 71.3 Å². The number of alkyl halides is 3. The number of pyridine rings is 1. The van der Waals surface area contributed by atoms with Crippen molar-refractivity contribution in [1.82, 2.24) is 25.0 Å². The summed E-state index contributed by atoms with van der Waals surface area (Å²) in [5.74, 6) is 0.985. The zero-order valence-electron chi connectivity index (χ0n) is 17.4. The Bertz CT molecular complexity index is 910. The number of hydrogen-bond donors (Lipinski definition) is 2. The first-order valence-electron chi connectivity index (χ1n) is 9.79. The van der Waals surface area contributed by atoms with Crippen molar-refractivity contribution >= 4 is 23.4 Å². The third-order valence-corrected chi connectivity index (χ3v) is 4.77. The van der Waals surface area contributed by atoms with Crippen LogP contribution in [0.5, 0.6) is 0 Å². The molecule has 1 saturated heterocycles. The molecule has 0 radical (unpaired) electrons. The molecule has 1 aliphatic rings. The highest BCUT2D eigenvalue weighted by Gasteiger charge is 2.30. The average Bonchev–Trinajstić information content (AvgIpc) is 3.16. The lowest BCUT2D eigenvalue weighted by Gasteiger charge is -2.35. The summed E-state index contributed by atoms with van der Waals surface area (Å²) in [6.07, 6.45) is 0.574. The fourth-order valence-electron chi connectivity index (χ4n) is 3.18. The average molecular weight is 438 g/mol. The number of amides is 1. The zero-order chi connectivity index (χ0) is 22.4. The van der Waals surface area contributed by atoms with Crippen molar-refractivity contribution in [2.24, 2.45) is 12.0 Å². The van der Waals surface area contributed by atoms with E-state index in [9.17, 15) is 18.0 Å². The molecule has 31 heavy (non-hydrogen) atoms. The van der Waals surface area contributed by atoms with Gasteiger partial charge >= 0.3 is 6.18 Å². The lowest BCUT2D eigenvalue weighted by molar-refractivity contribution is -0.137. The van der Waals surface area contributed by atoms with Crippen molar-refractivity contribution in [1.29, 1.82) is 0 Å². The molecule has 2 N–H and O–H groups in total. The van der Waals surface area contributed by atoms with Gasteiger partial charge in [0.05, 0.1) is 17.4 Å². The van der Waals surface area contributed by atoms with Crippen molar-refractivity contribution in [2.75, 3.05) is 50.0 Å². The molecule has 1 amide bonds. The van der Waals surface area contributed by atoms with Gasteiger partial charge in [-0.1, -0.05) is 0 Å². The number of halogens is 3. The van der Waals surface area contributed by atoms with Crippen molar-refractivity contribution < 1.29 is 18.0 Å². The number of guanidine groups is 1. The molecule has 0 unspecified atom stereocenters. The summed E-state index contributed by atoms with van der Waals surface area (Å²) in [6, 6.07) is 2.31. The molecule has 1 aliphatic heterocycles. The molecule has 9 nitrogen and oxygen atoms in total. The Balaban J connectivity index is 1.40. The fraction of sp³-hybridized carbons (Fsp3) is 0.474. The first-order chi connectivity index (χ1) is 14.8. The van der Waals surface area contributed by atoms with Gasteiger partial charge in [-0.05, 0) is 18.6 Å². The van der Waals surface area contributed by atoms with Crippen LogP contribution in [-0.2, 0) is 18.0 Å². The molecule has 12 heteroatoms. The number of piperazine rings is 1. The van der Waals surface area contributed by atoms with E-state index in [2.05, 4.69) is 25.7 Å². The summed E-state index contributed by atoms with van der Waals surface area (Å²) in [5.41, 5.74) is -0.000246. The molecule has 0 bridgehead atoms. The van der Waals surface area contributed by atoms with Crippen LogP contribution in [0.15, 0.2) is 35.7 Å². The quantitative estimate of drug-likeness (QED) is 0.404. The van der Waals surface area contributed by atoms with E-state index in [1.165, 1.54) is 6.07 Å². The van der Waals surface area contributed by atoms with Gasteiger partial charge < -0.3 is 20.4 Å². The van der Waals surface area contributed by atoms with E-state index >= 15 is 0 Å². The molecule has 0 saturated carbocycles. The number of carbonyl (C=O) groups is 1. The molecule has 1 fully saturated rings. The Morgan fingerprint density at radius 2 is 2.03 bits per heavy atom. The maximum absolute atomic E-state index is 12.6. The number of nitrogens with one attached hydrogen (secondary N) is 2. The number of rotatable bonds is 6. The Kier molecular flexibility index (Phi) is 6.98. The number of nitrogens with zero attached hydrogens (tertiary/aromatic N) is 6. The van der Waals surface area contributed by atoms with Crippen LogP contribution in [0.3, 0.4) is 0 Å². The largest absolute Gasteiger partial charge is 0.417 e. The van der Waals surface area contributed by atoms with Crippen molar-refractivity contribution in [3.05, 3.63) is 36.3 Å². The zero-order valence-corrected chi connectivity index (χ0v) is 17.4. The highest BCUT2D eigenvalue weighted by molar-refractivity contribution is 5.98. The van der Waals surface area contributed by atoms with E-state index in [1.807, 2.05) is 4.90 Å². The predicted molar refractivity (Wildman–Crippen MR) is 111 cm³/mol. The third kappa shape index (κ3) is 5.86. The normalized spacial score (nSPS) is 15.4. The number of aryl methyl sites for hydroxylation is 1. The molecule has 0 spiro atoms. The minimum absolute atomic E-state index is 0.0303. The lowest BCUT2D eigenvalue weighted by Crippen LogP contribution is -2.55.